The van der Waals surface area contributed by atoms with Crippen LogP contribution in [0, 0.1) is 26.7 Å². The van der Waals surface area contributed by atoms with E-state index in [-0.39, 0.29) is 22.8 Å². The number of nitrogens with one attached hydrogen (secondary N) is 1. The van der Waals surface area contributed by atoms with Gasteiger partial charge in [0.25, 0.3) is 5.91 Å². The van der Waals surface area contributed by atoms with E-state index in [1.54, 1.807) is 12.1 Å². The van der Waals surface area contributed by atoms with Gasteiger partial charge in [-0.1, -0.05) is 31.5 Å². The summed E-state index contributed by atoms with van der Waals surface area (Å²) in [5.41, 5.74) is 2.70. The molecule has 0 fully saturated rings. The van der Waals surface area contributed by atoms with Gasteiger partial charge in [0.2, 0.25) is 0 Å². The van der Waals surface area contributed by atoms with E-state index in [4.69, 9.17) is 9.15 Å². The van der Waals surface area contributed by atoms with E-state index in [0.717, 1.165) is 16.7 Å². The normalized spacial score (nSPS) is 11.0. The number of esters is 1. The maximum absolute atomic E-state index is 12.7. The molecule has 0 atom stereocenters. The summed E-state index contributed by atoms with van der Waals surface area (Å²) in [6.07, 6.45) is 0. The van der Waals surface area contributed by atoms with Crippen LogP contribution in [0.4, 0.5) is 0 Å². The molecule has 3 aromatic rings. The first-order valence-electron chi connectivity index (χ1n) is 9.82. The van der Waals surface area contributed by atoms with Crippen LogP contribution in [0.2, 0.25) is 0 Å². The van der Waals surface area contributed by atoms with Gasteiger partial charge >= 0.3 is 11.6 Å². The third kappa shape index (κ3) is 4.59. The molecule has 1 aromatic heterocycles. The molecule has 30 heavy (non-hydrogen) atoms. The zero-order valence-corrected chi connectivity index (χ0v) is 17.8. The van der Waals surface area contributed by atoms with Crippen molar-refractivity contribution in [1.82, 2.24) is 5.32 Å². The molecule has 0 saturated heterocycles. The fraction of sp³-hybridized carbons (Fsp3) is 0.292. The van der Waals surface area contributed by atoms with Crippen molar-refractivity contribution in [3.05, 3.63) is 74.6 Å². The van der Waals surface area contributed by atoms with Gasteiger partial charge in [0.05, 0.1) is 5.56 Å². The minimum absolute atomic E-state index is 0.0567. The Labute approximate surface area is 174 Å². The maximum atomic E-state index is 12.7. The average molecular weight is 407 g/mol. The van der Waals surface area contributed by atoms with Gasteiger partial charge in [0, 0.05) is 18.0 Å². The monoisotopic (exact) mass is 407 g/mol. The molecule has 3 rings (SSSR count). The Bertz CT molecular complexity index is 1170. The molecule has 1 N–H and O–H groups in total. The van der Waals surface area contributed by atoms with Crippen molar-refractivity contribution in [1.29, 1.82) is 0 Å². The molecular formula is C24H25NO5. The molecule has 0 unspecified atom stereocenters. The summed E-state index contributed by atoms with van der Waals surface area (Å²) >= 11 is 0. The van der Waals surface area contributed by atoms with E-state index in [0.29, 0.717) is 17.5 Å². The molecule has 0 aliphatic rings. The molecule has 0 aliphatic carbocycles. The highest BCUT2D eigenvalue weighted by atomic mass is 16.5. The zero-order chi connectivity index (χ0) is 22.0. The second-order valence-electron chi connectivity index (χ2n) is 7.91. The van der Waals surface area contributed by atoms with Crippen molar-refractivity contribution in [3.63, 3.8) is 0 Å². The van der Waals surface area contributed by atoms with Crippen molar-refractivity contribution < 1.29 is 18.7 Å². The summed E-state index contributed by atoms with van der Waals surface area (Å²) in [5, 5.41) is 3.27. The molecular weight excluding hydrogens is 382 g/mol. The molecule has 156 valence electrons. The number of aryl methyl sites for hydroxylation is 3. The number of benzene rings is 2. The van der Waals surface area contributed by atoms with E-state index in [2.05, 4.69) is 5.32 Å². The Balaban J connectivity index is 1.87. The highest BCUT2D eigenvalue weighted by molar-refractivity contribution is 5.97. The quantitative estimate of drug-likeness (QED) is 0.387. The zero-order valence-electron chi connectivity index (χ0n) is 17.8. The molecule has 0 bridgehead atoms. The Hall–Kier alpha value is -3.41. The molecule has 2 aromatic carbocycles. The summed E-state index contributed by atoms with van der Waals surface area (Å²) in [7, 11) is 0. The lowest BCUT2D eigenvalue weighted by Crippen LogP contribution is -2.31. The summed E-state index contributed by atoms with van der Waals surface area (Å²) in [4.78, 5) is 37.2. The summed E-state index contributed by atoms with van der Waals surface area (Å²) in [5.74, 6) is -0.428. The van der Waals surface area contributed by atoms with Gasteiger partial charge in [0.1, 0.15) is 16.9 Å². The van der Waals surface area contributed by atoms with Gasteiger partial charge in [-0.15, -0.1) is 0 Å². The van der Waals surface area contributed by atoms with Gasteiger partial charge in [-0.25, -0.2) is 9.59 Å². The van der Waals surface area contributed by atoms with Crippen LogP contribution in [-0.4, -0.2) is 18.4 Å². The first-order chi connectivity index (χ1) is 14.2. The minimum Gasteiger partial charge on any atom is -0.423 e. The van der Waals surface area contributed by atoms with E-state index >= 15 is 0 Å². The van der Waals surface area contributed by atoms with Gasteiger partial charge in [-0.2, -0.15) is 0 Å². The van der Waals surface area contributed by atoms with Crippen LogP contribution in [-0.2, 0) is 0 Å². The van der Waals surface area contributed by atoms with Crippen LogP contribution < -0.4 is 15.7 Å². The number of hydrogen-bond donors (Lipinski definition) is 1. The van der Waals surface area contributed by atoms with Crippen LogP contribution in [0.5, 0.6) is 5.75 Å². The van der Waals surface area contributed by atoms with Crippen LogP contribution in [0.1, 0.15) is 51.3 Å². The van der Waals surface area contributed by atoms with Gasteiger partial charge in [-0.05, 0) is 56.0 Å². The van der Waals surface area contributed by atoms with Crippen LogP contribution >= 0.6 is 0 Å². The SMILES string of the molecule is Cc1cc(C)c(C(=O)Oc2ccc3cc(C(=O)NCC(C)C)c(=O)oc3c2)c(C)c1. The topological polar surface area (TPSA) is 85.6 Å². The summed E-state index contributed by atoms with van der Waals surface area (Å²) in [6, 6.07) is 10.1. The van der Waals surface area contributed by atoms with Gasteiger partial charge < -0.3 is 14.5 Å². The largest absolute Gasteiger partial charge is 0.423 e. The third-order valence-corrected chi connectivity index (χ3v) is 4.71. The number of amides is 1. The summed E-state index contributed by atoms with van der Waals surface area (Å²) in [6.45, 7) is 10.1. The molecule has 0 aliphatic heterocycles. The highest BCUT2D eigenvalue weighted by Gasteiger charge is 2.17. The highest BCUT2D eigenvalue weighted by Crippen LogP contribution is 2.23. The predicted octanol–water partition coefficient (Wildman–Crippen LogP) is 4.32. The fourth-order valence-electron chi connectivity index (χ4n) is 3.37. The molecule has 1 amide bonds. The van der Waals surface area contributed by atoms with E-state index in [1.807, 2.05) is 46.8 Å². The minimum atomic E-state index is -0.738. The Morgan fingerprint density at radius 2 is 1.70 bits per heavy atom. The molecule has 6 heteroatoms. The lowest BCUT2D eigenvalue weighted by Gasteiger charge is -2.11. The van der Waals surface area contributed by atoms with Crippen molar-refractivity contribution in [2.24, 2.45) is 5.92 Å². The Morgan fingerprint density at radius 1 is 1.03 bits per heavy atom. The lowest BCUT2D eigenvalue weighted by molar-refractivity contribution is 0.0733. The Morgan fingerprint density at radius 3 is 2.33 bits per heavy atom. The van der Waals surface area contributed by atoms with E-state index in [9.17, 15) is 14.4 Å². The van der Waals surface area contributed by atoms with Crippen molar-refractivity contribution in [2.45, 2.75) is 34.6 Å². The van der Waals surface area contributed by atoms with Crippen LogP contribution in [0.25, 0.3) is 11.0 Å². The standard InChI is InChI=1S/C24H25NO5/c1-13(2)12-25-22(26)19-10-17-6-7-18(11-20(17)30-23(19)27)29-24(28)21-15(4)8-14(3)9-16(21)5/h6-11,13H,12H2,1-5H3,(H,25,26). The second-order valence-corrected chi connectivity index (χ2v) is 7.91. The second kappa shape index (κ2) is 8.53. The first kappa shape index (κ1) is 21.3. The fourth-order valence-corrected chi connectivity index (χ4v) is 3.37. The molecule has 0 saturated carbocycles. The van der Waals surface area contributed by atoms with Crippen molar-refractivity contribution in [2.75, 3.05) is 6.54 Å². The smallest absolute Gasteiger partial charge is 0.349 e. The summed E-state index contributed by atoms with van der Waals surface area (Å²) < 4.78 is 10.8. The molecule has 0 radical (unpaired) electrons. The number of carbonyl (C=O) groups excluding carboxylic acids is 2. The van der Waals surface area contributed by atoms with Gasteiger partial charge in [0.15, 0.2) is 0 Å². The molecule has 0 spiro atoms. The molecule has 6 nitrogen and oxygen atoms in total. The third-order valence-electron chi connectivity index (χ3n) is 4.71. The van der Waals surface area contributed by atoms with Crippen molar-refractivity contribution >= 4 is 22.8 Å². The number of rotatable bonds is 5. The first-order valence-corrected chi connectivity index (χ1v) is 9.82. The predicted molar refractivity (Wildman–Crippen MR) is 115 cm³/mol. The average Bonchev–Trinajstić information content (AvgIpc) is 2.64. The lowest BCUT2D eigenvalue weighted by atomic mass is 10.00. The molecule has 1 heterocycles. The maximum Gasteiger partial charge on any atom is 0.349 e. The number of carbonyl (C=O) groups is 2. The van der Waals surface area contributed by atoms with E-state index in [1.165, 1.54) is 12.1 Å². The number of fused-ring (bicyclic) bond motifs is 1. The number of ether oxygens (including phenoxy) is 1. The number of hydrogen-bond acceptors (Lipinski definition) is 5. The van der Waals surface area contributed by atoms with Gasteiger partial charge in [-0.3, -0.25) is 4.79 Å². The van der Waals surface area contributed by atoms with Crippen LogP contribution in [0.15, 0.2) is 45.6 Å². The van der Waals surface area contributed by atoms with Crippen molar-refractivity contribution in [3.8, 4) is 5.75 Å². The Kier molecular flexibility index (Phi) is 6.06. The van der Waals surface area contributed by atoms with E-state index < -0.39 is 17.5 Å². The van der Waals surface area contributed by atoms with Crippen LogP contribution in [0.3, 0.4) is 0 Å².